The third-order valence-electron chi connectivity index (χ3n) is 5.25. The van der Waals surface area contributed by atoms with Crippen LogP contribution in [0.3, 0.4) is 0 Å². The van der Waals surface area contributed by atoms with E-state index < -0.39 is 17.6 Å². The first-order chi connectivity index (χ1) is 16.0. The zero-order valence-corrected chi connectivity index (χ0v) is 18.3. The van der Waals surface area contributed by atoms with Crippen molar-refractivity contribution >= 4 is 23.1 Å². The maximum atomic E-state index is 14.3. The summed E-state index contributed by atoms with van der Waals surface area (Å²) < 4.78 is 25.3. The summed E-state index contributed by atoms with van der Waals surface area (Å²) in [5.74, 6) is -0.490. The standard InChI is InChI=1S/C26H23FN2O4/c1-3-33-19-11-8-10-18(15-19)28-24-23(20-12-5-7-14-22(20)32-2)25(30)29(26(24)31)16-17-9-4-6-13-21(17)27/h4-15,28H,3,16H2,1-2H3. The molecule has 0 fully saturated rings. The molecule has 0 radical (unpaired) electrons. The number of imide groups is 1. The van der Waals surface area contributed by atoms with Crippen LogP contribution in [0.4, 0.5) is 10.1 Å². The van der Waals surface area contributed by atoms with E-state index in [4.69, 9.17) is 9.47 Å². The number of hydrogen-bond donors (Lipinski definition) is 1. The predicted octanol–water partition coefficient (Wildman–Crippen LogP) is 4.63. The highest BCUT2D eigenvalue weighted by molar-refractivity contribution is 6.36. The molecule has 168 valence electrons. The van der Waals surface area contributed by atoms with Gasteiger partial charge in [0.05, 0.1) is 25.8 Å². The highest BCUT2D eigenvalue weighted by atomic mass is 19.1. The second-order valence-corrected chi connectivity index (χ2v) is 7.32. The number of hydrogen-bond acceptors (Lipinski definition) is 5. The van der Waals surface area contributed by atoms with Gasteiger partial charge in [0.1, 0.15) is 23.0 Å². The van der Waals surface area contributed by atoms with Crippen molar-refractivity contribution in [2.45, 2.75) is 13.5 Å². The van der Waals surface area contributed by atoms with Crippen LogP contribution in [0.25, 0.3) is 5.57 Å². The SMILES string of the molecule is CCOc1cccc(NC2=C(c3ccccc3OC)C(=O)N(Cc3ccccc3F)C2=O)c1. The number of halogens is 1. The van der Waals surface area contributed by atoms with Crippen LogP contribution in [0, 0.1) is 5.82 Å². The summed E-state index contributed by atoms with van der Waals surface area (Å²) in [5.41, 5.74) is 1.55. The van der Waals surface area contributed by atoms with Gasteiger partial charge in [0.2, 0.25) is 0 Å². The number of carbonyl (C=O) groups excluding carboxylic acids is 2. The quantitative estimate of drug-likeness (QED) is 0.511. The number of benzene rings is 3. The van der Waals surface area contributed by atoms with Crippen molar-refractivity contribution in [1.29, 1.82) is 0 Å². The highest BCUT2D eigenvalue weighted by Gasteiger charge is 2.40. The van der Waals surface area contributed by atoms with Crippen LogP contribution in [-0.4, -0.2) is 30.4 Å². The molecule has 1 heterocycles. The number of ether oxygens (including phenoxy) is 2. The summed E-state index contributed by atoms with van der Waals surface area (Å²) >= 11 is 0. The van der Waals surface area contributed by atoms with Crippen molar-refractivity contribution in [2.75, 3.05) is 19.0 Å². The first-order valence-corrected chi connectivity index (χ1v) is 10.5. The smallest absolute Gasteiger partial charge is 0.278 e. The van der Waals surface area contributed by atoms with Crippen molar-refractivity contribution in [3.05, 3.63) is 95.4 Å². The number of carbonyl (C=O) groups is 2. The van der Waals surface area contributed by atoms with Crippen molar-refractivity contribution < 1.29 is 23.5 Å². The Morgan fingerprint density at radius 3 is 2.45 bits per heavy atom. The molecule has 1 aliphatic rings. The molecular weight excluding hydrogens is 423 g/mol. The van der Waals surface area contributed by atoms with Crippen molar-refractivity contribution in [3.8, 4) is 11.5 Å². The topological polar surface area (TPSA) is 67.9 Å². The minimum Gasteiger partial charge on any atom is -0.496 e. The van der Waals surface area contributed by atoms with E-state index in [0.717, 1.165) is 4.90 Å². The molecule has 1 aliphatic heterocycles. The molecule has 0 saturated heterocycles. The molecule has 4 rings (SSSR count). The molecule has 33 heavy (non-hydrogen) atoms. The van der Waals surface area contributed by atoms with Crippen LogP contribution >= 0.6 is 0 Å². The molecule has 0 spiro atoms. The summed E-state index contributed by atoms with van der Waals surface area (Å²) in [6, 6.07) is 20.1. The lowest BCUT2D eigenvalue weighted by Crippen LogP contribution is -2.32. The van der Waals surface area contributed by atoms with Crippen LogP contribution in [-0.2, 0) is 16.1 Å². The van der Waals surface area contributed by atoms with Gasteiger partial charge in [0.15, 0.2) is 0 Å². The van der Waals surface area contributed by atoms with E-state index in [2.05, 4.69) is 5.32 Å². The number of anilines is 1. The van der Waals surface area contributed by atoms with Gasteiger partial charge in [-0.05, 0) is 31.2 Å². The first kappa shape index (κ1) is 22.1. The molecule has 0 bridgehead atoms. The Hall–Kier alpha value is -4.13. The van der Waals surface area contributed by atoms with E-state index in [1.165, 1.54) is 13.2 Å². The number of rotatable bonds is 8. The fourth-order valence-electron chi connectivity index (χ4n) is 3.71. The van der Waals surface area contributed by atoms with Crippen LogP contribution < -0.4 is 14.8 Å². The van der Waals surface area contributed by atoms with Crippen LogP contribution in [0.2, 0.25) is 0 Å². The molecule has 3 aromatic rings. The second kappa shape index (κ2) is 9.56. The molecule has 3 aromatic carbocycles. The van der Waals surface area contributed by atoms with Gasteiger partial charge in [-0.1, -0.05) is 42.5 Å². The molecule has 7 heteroatoms. The molecule has 6 nitrogen and oxygen atoms in total. The Balaban J connectivity index is 1.78. The molecule has 0 unspecified atom stereocenters. The molecule has 1 N–H and O–H groups in total. The van der Waals surface area contributed by atoms with Crippen molar-refractivity contribution in [2.24, 2.45) is 0 Å². The monoisotopic (exact) mass is 446 g/mol. The molecular formula is C26H23FN2O4. The maximum absolute atomic E-state index is 14.3. The summed E-state index contributed by atoms with van der Waals surface area (Å²) in [5, 5.41) is 3.09. The lowest BCUT2D eigenvalue weighted by Gasteiger charge is -2.16. The molecule has 0 atom stereocenters. The zero-order valence-electron chi connectivity index (χ0n) is 18.3. The minimum atomic E-state index is -0.550. The van der Waals surface area contributed by atoms with Crippen LogP contribution in [0.15, 0.2) is 78.5 Å². The van der Waals surface area contributed by atoms with E-state index in [1.807, 2.05) is 6.92 Å². The van der Waals surface area contributed by atoms with Gasteiger partial charge in [0, 0.05) is 22.9 Å². The Bertz CT molecular complexity index is 1240. The molecule has 2 amide bonds. The Kier molecular flexibility index (Phi) is 6.40. The molecule has 0 aromatic heterocycles. The highest BCUT2D eigenvalue weighted by Crippen LogP contribution is 2.36. The predicted molar refractivity (Wildman–Crippen MR) is 123 cm³/mol. The van der Waals surface area contributed by atoms with Crippen LogP contribution in [0.1, 0.15) is 18.1 Å². The summed E-state index contributed by atoms with van der Waals surface area (Å²) in [7, 11) is 1.50. The number of amides is 2. The van der Waals surface area contributed by atoms with Gasteiger partial charge in [-0.25, -0.2) is 4.39 Å². The molecule has 0 aliphatic carbocycles. The third-order valence-corrected chi connectivity index (χ3v) is 5.25. The number of nitrogens with zero attached hydrogens (tertiary/aromatic N) is 1. The van der Waals surface area contributed by atoms with Gasteiger partial charge in [0.25, 0.3) is 11.8 Å². The second-order valence-electron chi connectivity index (χ2n) is 7.32. The minimum absolute atomic E-state index is 0.0921. The normalized spacial score (nSPS) is 13.5. The first-order valence-electron chi connectivity index (χ1n) is 10.5. The van der Waals surface area contributed by atoms with Crippen molar-refractivity contribution in [1.82, 2.24) is 4.90 Å². The Morgan fingerprint density at radius 1 is 0.939 bits per heavy atom. The van der Waals surface area contributed by atoms with E-state index in [0.29, 0.717) is 29.4 Å². The summed E-state index contributed by atoms with van der Waals surface area (Å²) in [6.07, 6.45) is 0. The summed E-state index contributed by atoms with van der Waals surface area (Å²) in [6.45, 7) is 2.18. The van der Waals surface area contributed by atoms with E-state index in [9.17, 15) is 14.0 Å². The molecule has 0 saturated carbocycles. The summed E-state index contributed by atoms with van der Waals surface area (Å²) in [4.78, 5) is 27.9. The van der Waals surface area contributed by atoms with E-state index in [-0.39, 0.29) is 23.4 Å². The van der Waals surface area contributed by atoms with E-state index >= 15 is 0 Å². The third kappa shape index (κ3) is 4.43. The van der Waals surface area contributed by atoms with E-state index in [1.54, 1.807) is 66.7 Å². The largest absolute Gasteiger partial charge is 0.496 e. The Morgan fingerprint density at radius 2 is 1.70 bits per heavy atom. The van der Waals surface area contributed by atoms with Gasteiger partial charge >= 0.3 is 0 Å². The lowest BCUT2D eigenvalue weighted by molar-refractivity contribution is -0.137. The zero-order chi connectivity index (χ0) is 23.4. The van der Waals surface area contributed by atoms with Gasteiger partial charge in [-0.3, -0.25) is 14.5 Å². The van der Waals surface area contributed by atoms with Crippen molar-refractivity contribution in [3.63, 3.8) is 0 Å². The number of methoxy groups -OCH3 is 1. The van der Waals surface area contributed by atoms with Crippen LogP contribution in [0.5, 0.6) is 11.5 Å². The lowest BCUT2D eigenvalue weighted by atomic mass is 10.0. The number of para-hydroxylation sites is 1. The van der Waals surface area contributed by atoms with Gasteiger partial charge < -0.3 is 14.8 Å². The van der Waals surface area contributed by atoms with Gasteiger partial charge in [-0.2, -0.15) is 0 Å². The van der Waals surface area contributed by atoms with Gasteiger partial charge in [-0.15, -0.1) is 0 Å². The fraction of sp³-hybridized carbons (Fsp3) is 0.154. The maximum Gasteiger partial charge on any atom is 0.278 e. The number of nitrogens with one attached hydrogen (secondary N) is 1. The fourth-order valence-corrected chi connectivity index (χ4v) is 3.71. The average Bonchev–Trinajstić information content (AvgIpc) is 3.05. The Labute approximate surface area is 191 Å². The average molecular weight is 446 g/mol.